The molecule has 1 saturated heterocycles. The minimum absolute atomic E-state index is 0.0716. The number of aryl methyl sites for hydroxylation is 2. The Labute approximate surface area is 157 Å². The number of pyridine rings is 1. The van der Waals surface area contributed by atoms with Gasteiger partial charge in [-0.05, 0) is 50.3 Å². The molecule has 0 bridgehead atoms. The Morgan fingerprint density at radius 2 is 2.26 bits per heavy atom. The van der Waals surface area contributed by atoms with Crippen LogP contribution in [0.15, 0.2) is 24.5 Å². The van der Waals surface area contributed by atoms with E-state index in [1.807, 2.05) is 17.9 Å². The maximum absolute atomic E-state index is 13.5. The highest BCUT2D eigenvalue weighted by Gasteiger charge is 2.51. The number of rotatable bonds is 4. The van der Waals surface area contributed by atoms with Gasteiger partial charge in [-0.25, -0.2) is 19.3 Å². The first-order chi connectivity index (χ1) is 13.0. The number of carbonyl (C=O) groups excluding carboxylic acids is 1. The predicted molar refractivity (Wildman–Crippen MR) is 96.9 cm³/mol. The summed E-state index contributed by atoms with van der Waals surface area (Å²) in [6, 6.07) is 3.74. The number of carbonyl (C=O) groups is 1. The number of nitrogens with zero attached hydrogens (tertiary/aromatic N) is 4. The Kier molecular flexibility index (Phi) is 4.53. The number of ether oxygens (including phenoxy) is 1. The van der Waals surface area contributed by atoms with Crippen LogP contribution in [-0.4, -0.2) is 45.5 Å². The molecule has 142 valence electrons. The van der Waals surface area contributed by atoms with Crippen molar-refractivity contribution in [3.8, 4) is 6.01 Å². The van der Waals surface area contributed by atoms with Gasteiger partial charge in [-0.3, -0.25) is 4.79 Å². The predicted octanol–water partition coefficient (Wildman–Crippen LogP) is 2.95. The molecular weight excluding hydrogens is 347 g/mol. The third-order valence-corrected chi connectivity index (χ3v) is 5.85. The van der Waals surface area contributed by atoms with Crippen molar-refractivity contribution in [2.24, 2.45) is 11.3 Å². The van der Waals surface area contributed by atoms with Crippen LogP contribution in [0.1, 0.15) is 41.0 Å². The fourth-order valence-electron chi connectivity index (χ4n) is 4.33. The molecule has 0 N–H and O–H groups in total. The Morgan fingerprint density at radius 1 is 1.41 bits per heavy atom. The maximum Gasteiger partial charge on any atom is 0.316 e. The molecule has 4 rings (SSSR count). The summed E-state index contributed by atoms with van der Waals surface area (Å²) >= 11 is 0. The van der Waals surface area contributed by atoms with E-state index in [0.717, 1.165) is 31.2 Å². The van der Waals surface area contributed by atoms with Crippen LogP contribution in [0, 0.1) is 31.0 Å². The quantitative estimate of drug-likeness (QED) is 0.828. The van der Waals surface area contributed by atoms with E-state index in [2.05, 4.69) is 15.0 Å². The molecule has 1 aliphatic carbocycles. The second kappa shape index (κ2) is 6.87. The normalized spacial score (nSPS) is 24.1. The first kappa shape index (κ1) is 17.8. The largest absolute Gasteiger partial charge is 0.463 e. The smallest absolute Gasteiger partial charge is 0.316 e. The van der Waals surface area contributed by atoms with Crippen LogP contribution in [-0.2, 0) is 0 Å². The molecule has 1 saturated carbocycles. The lowest BCUT2D eigenvalue weighted by molar-refractivity contribution is 0.0736. The first-order valence-corrected chi connectivity index (χ1v) is 9.31. The number of aromatic nitrogens is 3. The summed E-state index contributed by atoms with van der Waals surface area (Å²) in [5, 5.41) is 0. The molecule has 27 heavy (non-hydrogen) atoms. The molecule has 2 unspecified atom stereocenters. The fourth-order valence-corrected chi connectivity index (χ4v) is 4.33. The van der Waals surface area contributed by atoms with Crippen molar-refractivity contribution in [3.05, 3.63) is 47.3 Å². The van der Waals surface area contributed by atoms with Gasteiger partial charge in [-0.2, -0.15) is 0 Å². The van der Waals surface area contributed by atoms with Gasteiger partial charge in [-0.15, -0.1) is 0 Å². The number of hydrogen-bond donors (Lipinski definition) is 0. The lowest BCUT2D eigenvalue weighted by Crippen LogP contribution is -2.36. The highest BCUT2D eigenvalue weighted by molar-refractivity contribution is 5.92. The zero-order chi connectivity index (χ0) is 19.0. The molecule has 0 spiro atoms. The summed E-state index contributed by atoms with van der Waals surface area (Å²) in [4.78, 5) is 27.2. The second-order valence-electron chi connectivity index (χ2n) is 7.73. The van der Waals surface area contributed by atoms with E-state index >= 15 is 0 Å². The summed E-state index contributed by atoms with van der Waals surface area (Å²) in [6.45, 7) is 5.36. The second-order valence-corrected chi connectivity index (χ2v) is 7.73. The van der Waals surface area contributed by atoms with Crippen LogP contribution < -0.4 is 4.74 Å². The summed E-state index contributed by atoms with van der Waals surface area (Å²) in [7, 11) is 0. The number of halogens is 1. The van der Waals surface area contributed by atoms with Gasteiger partial charge in [0.15, 0.2) is 0 Å². The molecule has 3 heterocycles. The van der Waals surface area contributed by atoms with Crippen LogP contribution in [0.2, 0.25) is 0 Å². The minimum Gasteiger partial charge on any atom is -0.463 e. The van der Waals surface area contributed by atoms with E-state index in [0.29, 0.717) is 42.9 Å². The van der Waals surface area contributed by atoms with E-state index in [-0.39, 0.29) is 11.3 Å². The molecule has 6 nitrogen and oxygen atoms in total. The molecular formula is C20H23FN4O2. The first-order valence-electron chi connectivity index (χ1n) is 9.31. The Morgan fingerprint density at radius 3 is 3.04 bits per heavy atom. The van der Waals surface area contributed by atoms with E-state index in [1.54, 1.807) is 13.1 Å². The van der Waals surface area contributed by atoms with Crippen LogP contribution >= 0.6 is 0 Å². The van der Waals surface area contributed by atoms with Crippen LogP contribution in [0.4, 0.5) is 4.39 Å². The molecule has 0 aromatic carbocycles. The standard InChI is InChI=1S/C20H23FN4O2/c1-13-8-17(23-9-16(13)21)18(26)25-10-15-4-3-6-20(15,11-25)12-27-19-22-7-5-14(2)24-19/h5,7-9,15H,3-4,6,10-12H2,1-2H3. The Bertz CT molecular complexity index is 875. The van der Waals surface area contributed by atoms with Crippen molar-refractivity contribution >= 4 is 5.91 Å². The summed E-state index contributed by atoms with van der Waals surface area (Å²) in [5.74, 6) is -0.139. The molecule has 7 heteroatoms. The molecule has 1 aliphatic heterocycles. The SMILES string of the molecule is Cc1ccnc(OCC23CCCC2CN(C(=O)c2cc(C)c(F)cn2)C3)n1. The lowest BCUT2D eigenvalue weighted by atomic mass is 9.82. The van der Waals surface area contributed by atoms with E-state index in [4.69, 9.17) is 4.74 Å². The summed E-state index contributed by atoms with van der Waals surface area (Å²) < 4.78 is 19.4. The van der Waals surface area contributed by atoms with Crippen molar-refractivity contribution in [3.63, 3.8) is 0 Å². The Hall–Kier alpha value is -2.57. The van der Waals surface area contributed by atoms with Crippen molar-refractivity contribution in [2.45, 2.75) is 33.1 Å². The summed E-state index contributed by atoms with van der Waals surface area (Å²) in [6.07, 6.45) is 6.04. The van der Waals surface area contributed by atoms with Gasteiger partial charge in [0.1, 0.15) is 11.5 Å². The van der Waals surface area contributed by atoms with Gasteiger partial charge in [0.05, 0.1) is 12.8 Å². The van der Waals surface area contributed by atoms with E-state index in [9.17, 15) is 9.18 Å². The monoisotopic (exact) mass is 370 g/mol. The van der Waals surface area contributed by atoms with Crippen molar-refractivity contribution < 1.29 is 13.9 Å². The van der Waals surface area contributed by atoms with Crippen LogP contribution in [0.3, 0.4) is 0 Å². The number of likely N-dealkylation sites (tertiary alicyclic amines) is 1. The van der Waals surface area contributed by atoms with Gasteiger partial charge in [0, 0.05) is 30.4 Å². The van der Waals surface area contributed by atoms with E-state index in [1.165, 1.54) is 6.07 Å². The maximum atomic E-state index is 13.5. The summed E-state index contributed by atoms with van der Waals surface area (Å²) in [5.41, 5.74) is 1.52. The molecule has 2 atom stereocenters. The highest BCUT2D eigenvalue weighted by atomic mass is 19.1. The zero-order valence-corrected chi connectivity index (χ0v) is 15.6. The third kappa shape index (κ3) is 3.38. The number of hydrogen-bond acceptors (Lipinski definition) is 5. The molecule has 2 aromatic heterocycles. The average molecular weight is 370 g/mol. The fraction of sp³-hybridized carbons (Fsp3) is 0.500. The highest BCUT2D eigenvalue weighted by Crippen LogP contribution is 2.49. The third-order valence-electron chi connectivity index (χ3n) is 5.85. The minimum atomic E-state index is -0.395. The molecule has 2 aliphatic rings. The average Bonchev–Trinajstić information content (AvgIpc) is 3.19. The lowest BCUT2D eigenvalue weighted by Gasteiger charge is -2.28. The molecule has 2 aromatic rings. The molecule has 0 radical (unpaired) electrons. The zero-order valence-electron chi connectivity index (χ0n) is 15.6. The van der Waals surface area contributed by atoms with E-state index < -0.39 is 5.82 Å². The van der Waals surface area contributed by atoms with Gasteiger partial charge < -0.3 is 9.64 Å². The van der Waals surface area contributed by atoms with Gasteiger partial charge in [0.2, 0.25) is 0 Å². The Balaban J connectivity index is 1.49. The van der Waals surface area contributed by atoms with Crippen LogP contribution in [0.25, 0.3) is 0 Å². The van der Waals surface area contributed by atoms with Crippen molar-refractivity contribution in [2.75, 3.05) is 19.7 Å². The van der Waals surface area contributed by atoms with Gasteiger partial charge in [-0.1, -0.05) is 6.42 Å². The molecule has 2 fully saturated rings. The molecule has 1 amide bonds. The van der Waals surface area contributed by atoms with Crippen molar-refractivity contribution in [1.29, 1.82) is 0 Å². The van der Waals surface area contributed by atoms with Gasteiger partial charge >= 0.3 is 6.01 Å². The van der Waals surface area contributed by atoms with Gasteiger partial charge in [0.25, 0.3) is 5.91 Å². The number of amides is 1. The van der Waals surface area contributed by atoms with Crippen molar-refractivity contribution in [1.82, 2.24) is 19.9 Å². The van der Waals surface area contributed by atoms with Crippen LogP contribution in [0.5, 0.6) is 6.01 Å². The topological polar surface area (TPSA) is 68.2 Å². The number of fused-ring (bicyclic) bond motifs is 1.